The van der Waals surface area contributed by atoms with E-state index in [9.17, 15) is 10.0 Å². The highest BCUT2D eigenvalue weighted by Gasteiger charge is 2.14. The van der Waals surface area contributed by atoms with Crippen molar-refractivity contribution in [3.05, 3.63) is 57.7 Å². The number of hydrogen-bond donors (Lipinski definition) is 1. The Bertz CT molecular complexity index is 511. The van der Waals surface area contributed by atoms with E-state index in [1.807, 2.05) is 0 Å². The largest absolute Gasteiger partial charge is 0.598 e. The molecule has 0 saturated carbocycles. The third-order valence-electron chi connectivity index (χ3n) is 1.98. The van der Waals surface area contributed by atoms with Gasteiger partial charge < -0.3 is 5.21 Å². The lowest BCUT2D eigenvalue weighted by molar-refractivity contribution is -0.763. The van der Waals surface area contributed by atoms with Gasteiger partial charge in [-0.25, -0.2) is 4.79 Å². The second kappa shape index (κ2) is 5.44. The average molecular weight is 247 g/mol. The maximum Gasteiger partial charge on any atom is 0.380 e. The van der Waals surface area contributed by atoms with Crippen molar-refractivity contribution in [3.8, 4) is 0 Å². The molecule has 0 spiro atoms. The molecule has 0 aliphatic rings. The molecular formula is C11H9N3O2S. The fourth-order valence-electron chi connectivity index (χ4n) is 1.15. The first-order valence-electron chi connectivity index (χ1n) is 4.83. The molecule has 6 heteroatoms. The van der Waals surface area contributed by atoms with Gasteiger partial charge in [0.2, 0.25) is 0 Å². The van der Waals surface area contributed by atoms with Crippen molar-refractivity contribution in [1.82, 2.24) is 4.98 Å². The second-order valence-electron chi connectivity index (χ2n) is 3.15. The van der Waals surface area contributed by atoms with Gasteiger partial charge in [0.25, 0.3) is 0 Å². The van der Waals surface area contributed by atoms with Crippen LogP contribution in [0.4, 0.5) is 0 Å². The predicted octanol–water partition coefficient (Wildman–Crippen LogP) is 0.700. The van der Waals surface area contributed by atoms with Crippen molar-refractivity contribution < 1.29 is 9.97 Å². The van der Waals surface area contributed by atoms with Crippen LogP contribution in [0.3, 0.4) is 0 Å². The van der Waals surface area contributed by atoms with E-state index in [2.05, 4.69) is 10.1 Å². The molecule has 1 unspecified atom stereocenters. The molecule has 0 fully saturated rings. The number of hydrogen-bond acceptors (Lipinski definition) is 5. The minimum atomic E-state index is -0.760. The van der Waals surface area contributed by atoms with E-state index in [0.717, 1.165) is 5.56 Å². The van der Waals surface area contributed by atoms with Crippen molar-refractivity contribution in [3.63, 3.8) is 0 Å². The fourth-order valence-corrected chi connectivity index (χ4v) is 1.81. The zero-order valence-electron chi connectivity index (χ0n) is 8.74. The number of carbonyl (C=O) groups is 1. The van der Waals surface area contributed by atoms with Crippen LogP contribution in [0.15, 0.2) is 47.1 Å². The molecule has 2 rings (SSSR count). The zero-order valence-corrected chi connectivity index (χ0v) is 9.55. The summed E-state index contributed by atoms with van der Waals surface area (Å²) < 4.78 is 0. The zero-order chi connectivity index (χ0) is 12.1. The van der Waals surface area contributed by atoms with Gasteiger partial charge in [-0.3, -0.25) is 4.98 Å². The molecule has 0 radical (unpaired) electrons. The van der Waals surface area contributed by atoms with Crippen molar-refractivity contribution in [2.45, 2.75) is 0 Å². The monoisotopic (exact) mass is 247 g/mol. The molecule has 1 amide bonds. The summed E-state index contributed by atoms with van der Waals surface area (Å²) in [6.07, 6.45) is 4.54. The maximum absolute atomic E-state index is 11.6. The summed E-state index contributed by atoms with van der Waals surface area (Å²) in [4.78, 5) is 15.8. The van der Waals surface area contributed by atoms with Crippen LogP contribution in [0.25, 0.3) is 0 Å². The van der Waals surface area contributed by atoms with Crippen LogP contribution >= 0.6 is 11.3 Å². The van der Waals surface area contributed by atoms with Crippen molar-refractivity contribution in [2.24, 2.45) is 5.10 Å². The van der Waals surface area contributed by atoms with Gasteiger partial charge in [-0.1, -0.05) is 11.2 Å². The van der Waals surface area contributed by atoms with E-state index in [4.69, 9.17) is 0 Å². The van der Waals surface area contributed by atoms with Gasteiger partial charge in [0.1, 0.15) is 4.88 Å². The van der Waals surface area contributed by atoms with Gasteiger partial charge in [0, 0.05) is 18.0 Å². The van der Waals surface area contributed by atoms with Crippen LogP contribution in [0.2, 0.25) is 0 Å². The molecule has 0 aromatic carbocycles. The third-order valence-corrected chi connectivity index (χ3v) is 2.84. The lowest BCUT2D eigenvalue weighted by Gasteiger charge is -2.10. The average Bonchev–Trinajstić information content (AvgIpc) is 2.90. The molecular weight excluding hydrogens is 238 g/mol. The number of hydroxylamine groups is 1. The molecule has 17 heavy (non-hydrogen) atoms. The van der Waals surface area contributed by atoms with E-state index < -0.39 is 11.1 Å². The van der Waals surface area contributed by atoms with E-state index in [1.54, 1.807) is 42.0 Å². The molecule has 1 N–H and O–H groups in total. The predicted molar refractivity (Wildman–Crippen MR) is 64.8 cm³/mol. The smallest absolute Gasteiger partial charge is 0.380 e. The quantitative estimate of drug-likeness (QED) is 0.641. The van der Waals surface area contributed by atoms with Gasteiger partial charge in [0.05, 0.1) is 6.21 Å². The van der Waals surface area contributed by atoms with Gasteiger partial charge in [-0.15, -0.1) is 11.3 Å². The number of amides is 1. The fraction of sp³-hybridized carbons (Fsp3) is 0. The first kappa shape index (κ1) is 11.6. The van der Waals surface area contributed by atoms with Crippen LogP contribution in [-0.4, -0.2) is 17.1 Å². The van der Waals surface area contributed by atoms with E-state index >= 15 is 0 Å². The Morgan fingerprint density at radius 1 is 1.41 bits per heavy atom. The van der Waals surface area contributed by atoms with Crippen LogP contribution in [0.1, 0.15) is 15.2 Å². The first-order valence-corrected chi connectivity index (χ1v) is 5.71. The van der Waals surface area contributed by atoms with Crippen molar-refractivity contribution >= 4 is 23.5 Å². The topological polar surface area (TPSA) is 69.8 Å². The highest BCUT2D eigenvalue weighted by molar-refractivity contribution is 7.11. The van der Waals surface area contributed by atoms with Crippen LogP contribution in [0, 0.1) is 5.21 Å². The number of nitrogens with zero attached hydrogens (tertiary/aromatic N) is 2. The Morgan fingerprint density at radius 2 is 2.18 bits per heavy atom. The van der Waals surface area contributed by atoms with Gasteiger partial charge >= 0.3 is 5.91 Å². The van der Waals surface area contributed by atoms with Crippen molar-refractivity contribution in [2.75, 3.05) is 0 Å². The lowest BCUT2D eigenvalue weighted by Crippen LogP contribution is -3.05. The number of aromatic nitrogens is 1. The maximum atomic E-state index is 11.6. The number of nitrogens with one attached hydrogen (secondary N) is 1. The summed E-state index contributed by atoms with van der Waals surface area (Å²) in [5.41, 5.74) is 0.729. The van der Waals surface area contributed by atoms with Gasteiger partial charge in [-0.05, 0) is 23.6 Å². The summed E-state index contributed by atoms with van der Waals surface area (Å²) in [5, 5.41) is 16.1. The first-order chi connectivity index (χ1) is 8.27. The summed E-state index contributed by atoms with van der Waals surface area (Å²) in [6.45, 7) is 0. The highest BCUT2D eigenvalue weighted by Crippen LogP contribution is 2.06. The Labute approximate surface area is 102 Å². The number of quaternary nitrogens is 1. The lowest BCUT2D eigenvalue weighted by atomic mass is 10.3. The summed E-state index contributed by atoms with van der Waals surface area (Å²) in [7, 11) is 0. The van der Waals surface area contributed by atoms with E-state index in [1.165, 1.54) is 17.6 Å². The molecule has 2 heterocycles. The molecule has 0 aliphatic carbocycles. The molecule has 0 saturated heterocycles. The summed E-state index contributed by atoms with van der Waals surface area (Å²) in [5.74, 6) is -0.578. The summed E-state index contributed by atoms with van der Waals surface area (Å²) >= 11 is 1.23. The molecule has 0 aliphatic heterocycles. The summed E-state index contributed by atoms with van der Waals surface area (Å²) in [6, 6.07) is 6.73. The standard InChI is InChI=1S/C11H9N3O2S/c15-11(10-2-1-7-17-10)14(16)13-8-9-3-5-12-6-4-9/h1-8,14H. The number of rotatable bonds is 3. The Morgan fingerprint density at radius 3 is 2.82 bits per heavy atom. The number of thiophene rings is 1. The van der Waals surface area contributed by atoms with Crippen molar-refractivity contribution in [1.29, 1.82) is 0 Å². The molecule has 86 valence electrons. The Hall–Kier alpha value is -1.89. The normalized spacial score (nSPS) is 12.8. The van der Waals surface area contributed by atoms with Crippen LogP contribution in [-0.2, 0) is 0 Å². The molecule has 2 aromatic rings. The Balaban J connectivity index is 2.05. The van der Waals surface area contributed by atoms with Crippen LogP contribution in [0.5, 0.6) is 0 Å². The number of pyridine rings is 1. The molecule has 2 aromatic heterocycles. The van der Waals surface area contributed by atoms with Gasteiger partial charge in [-0.2, -0.15) is 5.17 Å². The second-order valence-corrected chi connectivity index (χ2v) is 4.10. The van der Waals surface area contributed by atoms with Crippen LogP contribution < -0.4 is 5.17 Å². The molecule has 1 atom stereocenters. The highest BCUT2D eigenvalue weighted by atomic mass is 32.1. The SMILES string of the molecule is O=C(c1cccs1)[NH+]([O-])N=Cc1ccncc1. The number of carbonyl (C=O) groups excluding carboxylic acids is 1. The minimum absolute atomic E-state index is 0.405. The van der Waals surface area contributed by atoms with Gasteiger partial charge in [0.15, 0.2) is 0 Å². The molecule has 5 nitrogen and oxygen atoms in total. The minimum Gasteiger partial charge on any atom is -0.598 e. The Kier molecular flexibility index (Phi) is 3.71. The van der Waals surface area contributed by atoms with E-state index in [0.29, 0.717) is 4.88 Å². The third kappa shape index (κ3) is 3.04. The molecule has 0 bridgehead atoms. The van der Waals surface area contributed by atoms with E-state index in [-0.39, 0.29) is 0 Å².